The minimum atomic E-state index is -0.421. The molecule has 1 unspecified atom stereocenters. The van der Waals surface area contributed by atoms with E-state index in [2.05, 4.69) is 10.1 Å². The molecule has 0 spiro atoms. The highest BCUT2D eigenvalue weighted by Crippen LogP contribution is 1.97. The van der Waals surface area contributed by atoms with Crippen LogP contribution < -0.4 is 5.32 Å². The number of hydrogen-bond acceptors (Lipinski definition) is 3. The molecule has 0 aliphatic carbocycles. The zero-order valence-corrected chi connectivity index (χ0v) is 6.96. The van der Waals surface area contributed by atoms with E-state index >= 15 is 0 Å². The second-order valence-corrected chi connectivity index (χ2v) is 2.49. The van der Waals surface area contributed by atoms with E-state index in [0.29, 0.717) is 18.9 Å². The molecule has 4 nitrogen and oxygen atoms in total. The molecule has 0 saturated heterocycles. The number of nitrogens with one attached hydrogen (secondary N) is 1. The summed E-state index contributed by atoms with van der Waals surface area (Å²) in [5.41, 5.74) is 0. The molecule has 0 aromatic carbocycles. The molecule has 66 valence electrons. The molecular formula is C7H15NO3. The molecule has 0 fully saturated rings. The van der Waals surface area contributed by atoms with Crippen molar-refractivity contribution in [3.8, 4) is 0 Å². The molecule has 0 aromatic heterocycles. The minimum Gasteiger partial charge on any atom is -0.453 e. The van der Waals surface area contributed by atoms with Gasteiger partial charge in [0.25, 0.3) is 0 Å². The minimum absolute atomic E-state index is 0.157. The summed E-state index contributed by atoms with van der Waals surface area (Å²) in [7, 11) is 1.33. The summed E-state index contributed by atoms with van der Waals surface area (Å²) in [4.78, 5) is 10.5. The van der Waals surface area contributed by atoms with Crippen LogP contribution in [0.4, 0.5) is 4.79 Å². The van der Waals surface area contributed by atoms with Crippen LogP contribution in [0.5, 0.6) is 0 Å². The molecule has 0 aliphatic heterocycles. The smallest absolute Gasteiger partial charge is 0.406 e. The number of ether oxygens (including phenoxy) is 1. The third-order valence-corrected chi connectivity index (χ3v) is 1.40. The van der Waals surface area contributed by atoms with Gasteiger partial charge in [-0.2, -0.15) is 0 Å². The summed E-state index contributed by atoms with van der Waals surface area (Å²) in [6, 6.07) is 0. The SMILES string of the molecule is COC(=O)NCC(C)CCO. The number of carbonyl (C=O) groups is 1. The van der Waals surface area contributed by atoms with Crippen LogP contribution in [-0.4, -0.2) is 31.5 Å². The topological polar surface area (TPSA) is 58.6 Å². The van der Waals surface area contributed by atoms with Gasteiger partial charge in [-0.25, -0.2) is 4.79 Å². The second kappa shape index (κ2) is 5.97. The first-order valence-electron chi connectivity index (χ1n) is 3.63. The molecule has 0 bridgehead atoms. The lowest BCUT2D eigenvalue weighted by molar-refractivity contribution is 0.168. The van der Waals surface area contributed by atoms with E-state index in [1.165, 1.54) is 7.11 Å². The average molecular weight is 161 g/mol. The Kier molecular flexibility index (Phi) is 5.56. The van der Waals surface area contributed by atoms with E-state index in [0.717, 1.165) is 0 Å². The normalized spacial score (nSPS) is 12.3. The maximum atomic E-state index is 10.5. The number of rotatable bonds is 4. The van der Waals surface area contributed by atoms with Crippen molar-refractivity contribution in [3.05, 3.63) is 0 Å². The van der Waals surface area contributed by atoms with Gasteiger partial charge in [-0.05, 0) is 12.3 Å². The van der Waals surface area contributed by atoms with Gasteiger partial charge in [0.05, 0.1) is 7.11 Å². The maximum absolute atomic E-state index is 10.5. The molecule has 0 aromatic rings. The lowest BCUT2D eigenvalue weighted by Crippen LogP contribution is -2.28. The molecule has 2 N–H and O–H groups in total. The fourth-order valence-electron chi connectivity index (χ4n) is 0.652. The lowest BCUT2D eigenvalue weighted by Gasteiger charge is -2.09. The van der Waals surface area contributed by atoms with Gasteiger partial charge < -0.3 is 15.2 Å². The maximum Gasteiger partial charge on any atom is 0.406 e. The molecule has 0 radical (unpaired) electrons. The summed E-state index contributed by atoms with van der Waals surface area (Å²) >= 11 is 0. The van der Waals surface area contributed by atoms with Crippen LogP contribution in [-0.2, 0) is 4.74 Å². The quantitative estimate of drug-likeness (QED) is 0.626. The standard InChI is InChI=1S/C7H15NO3/c1-6(3-4-9)5-8-7(10)11-2/h6,9H,3-5H2,1-2H3,(H,8,10). The van der Waals surface area contributed by atoms with Gasteiger partial charge in [-0.15, -0.1) is 0 Å². The Labute approximate surface area is 66.5 Å². The van der Waals surface area contributed by atoms with Crippen molar-refractivity contribution in [2.45, 2.75) is 13.3 Å². The molecule has 1 atom stereocenters. The number of aliphatic hydroxyl groups excluding tert-OH is 1. The number of amides is 1. The Hall–Kier alpha value is -0.770. The number of aliphatic hydroxyl groups is 1. The van der Waals surface area contributed by atoms with Gasteiger partial charge in [0.1, 0.15) is 0 Å². The van der Waals surface area contributed by atoms with E-state index in [-0.39, 0.29) is 6.61 Å². The Bertz CT molecular complexity index is 116. The number of hydrogen-bond donors (Lipinski definition) is 2. The number of alkyl carbamates (subject to hydrolysis) is 1. The Morgan fingerprint density at radius 1 is 1.73 bits per heavy atom. The fraction of sp³-hybridized carbons (Fsp3) is 0.857. The summed E-state index contributed by atoms with van der Waals surface area (Å²) in [6.45, 7) is 2.66. The van der Waals surface area contributed by atoms with E-state index in [1.807, 2.05) is 6.92 Å². The number of methoxy groups -OCH3 is 1. The Morgan fingerprint density at radius 3 is 2.82 bits per heavy atom. The molecule has 0 heterocycles. The predicted molar refractivity (Wildman–Crippen MR) is 41.3 cm³/mol. The van der Waals surface area contributed by atoms with Crippen molar-refractivity contribution < 1.29 is 14.6 Å². The summed E-state index contributed by atoms with van der Waals surface area (Å²) in [5.74, 6) is 0.291. The van der Waals surface area contributed by atoms with Crippen LogP contribution in [0.3, 0.4) is 0 Å². The van der Waals surface area contributed by atoms with Gasteiger partial charge in [0, 0.05) is 13.2 Å². The predicted octanol–water partition coefficient (Wildman–Crippen LogP) is 0.361. The lowest BCUT2D eigenvalue weighted by atomic mass is 10.1. The zero-order valence-electron chi connectivity index (χ0n) is 6.96. The first-order valence-corrected chi connectivity index (χ1v) is 3.63. The highest BCUT2D eigenvalue weighted by Gasteiger charge is 2.03. The molecule has 11 heavy (non-hydrogen) atoms. The van der Waals surface area contributed by atoms with Crippen LogP contribution >= 0.6 is 0 Å². The largest absolute Gasteiger partial charge is 0.453 e. The van der Waals surface area contributed by atoms with Crippen molar-refractivity contribution in [2.24, 2.45) is 5.92 Å². The van der Waals surface area contributed by atoms with E-state index in [1.54, 1.807) is 0 Å². The number of carbonyl (C=O) groups excluding carboxylic acids is 1. The van der Waals surface area contributed by atoms with Crippen molar-refractivity contribution in [1.29, 1.82) is 0 Å². The first kappa shape index (κ1) is 10.2. The molecule has 0 rings (SSSR count). The average Bonchev–Trinajstić information content (AvgIpc) is 2.01. The highest BCUT2D eigenvalue weighted by molar-refractivity contribution is 5.66. The third-order valence-electron chi connectivity index (χ3n) is 1.40. The second-order valence-electron chi connectivity index (χ2n) is 2.49. The van der Waals surface area contributed by atoms with Crippen LogP contribution in [0.2, 0.25) is 0 Å². The third kappa shape index (κ3) is 5.66. The van der Waals surface area contributed by atoms with E-state index < -0.39 is 6.09 Å². The molecule has 0 aliphatic rings. The Balaban J connectivity index is 3.29. The van der Waals surface area contributed by atoms with Crippen molar-refractivity contribution in [2.75, 3.05) is 20.3 Å². The van der Waals surface area contributed by atoms with Gasteiger partial charge in [-0.1, -0.05) is 6.92 Å². The molecular weight excluding hydrogens is 146 g/mol. The van der Waals surface area contributed by atoms with Crippen LogP contribution in [0.1, 0.15) is 13.3 Å². The zero-order chi connectivity index (χ0) is 8.69. The van der Waals surface area contributed by atoms with Gasteiger partial charge in [0.2, 0.25) is 0 Å². The molecule has 4 heteroatoms. The van der Waals surface area contributed by atoms with E-state index in [4.69, 9.17) is 5.11 Å². The monoisotopic (exact) mass is 161 g/mol. The molecule has 1 amide bonds. The van der Waals surface area contributed by atoms with Crippen LogP contribution in [0.25, 0.3) is 0 Å². The molecule has 0 saturated carbocycles. The van der Waals surface area contributed by atoms with E-state index in [9.17, 15) is 4.79 Å². The van der Waals surface area contributed by atoms with Crippen LogP contribution in [0, 0.1) is 5.92 Å². The highest BCUT2D eigenvalue weighted by atomic mass is 16.5. The van der Waals surface area contributed by atoms with Crippen molar-refractivity contribution in [3.63, 3.8) is 0 Å². The fourth-order valence-corrected chi connectivity index (χ4v) is 0.652. The summed E-state index contributed by atoms with van der Waals surface area (Å²) in [5, 5.41) is 11.1. The van der Waals surface area contributed by atoms with Gasteiger partial charge in [0.15, 0.2) is 0 Å². The van der Waals surface area contributed by atoms with Crippen molar-refractivity contribution >= 4 is 6.09 Å². The summed E-state index contributed by atoms with van der Waals surface area (Å²) < 4.78 is 4.37. The van der Waals surface area contributed by atoms with Crippen molar-refractivity contribution in [1.82, 2.24) is 5.32 Å². The van der Waals surface area contributed by atoms with Crippen LogP contribution in [0.15, 0.2) is 0 Å². The Morgan fingerprint density at radius 2 is 2.36 bits per heavy atom. The summed E-state index contributed by atoms with van der Waals surface area (Å²) in [6.07, 6.45) is 0.277. The van der Waals surface area contributed by atoms with Gasteiger partial charge >= 0.3 is 6.09 Å². The van der Waals surface area contributed by atoms with Gasteiger partial charge in [-0.3, -0.25) is 0 Å². The first-order chi connectivity index (χ1) is 5.20.